The molecule has 1 aromatic rings. The Morgan fingerprint density at radius 3 is 2.48 bits per heavy atom. The average Bonchev–Trinajstić information content (AvgIpc) is 2.80. The zero-order valence-electron chi connectivity index (χ0n) is 12.2. The van der Waals surface area contributed by atoms with Crippen molar-refractivity contribution in [2.75, 3.05) is 24.7 Å². The van der Waals surface area contributed by atoms with Gasteiger partial charge in [0.2, 0.25) is 10.0 Å². The Morgan fingerprint density at radius 2 is 2.00 bits per heavy atom. The van der Waals surface area contributed by atoms with Crippen molar-refractivity contribution >= 4 is 27.6 Å². The Bertz CT molecular complexity index is 634. The third-order valence-corrected chi connectivity index (χ3v) is 4.14. The molecule has 2 N–H and O–H groups in total. The van der Waals surface area contributed by atoms with Crippen molar-refractivity contribution in [1.29, 1.82) is 0 Å². The maximum Gasteiger partial charge on any atom is 0.354 e. The van der Waals surface area contributed by atoms with E-state index >= 15 is 0 Å². The number of aromatic nitrogens is 1. The Balaban J connectivity index is 3.09. The molecule has 1 atom stereocenters. The second kappa shape index (κ2) is 6.72. The molecule has 0 fully saturated rings. The number of ether oxygens (including phenoxy) is 2. The monoisotopic (exact) mass is 318 g/mol. The Hall–Kier alpha value is -1.87. The van der Waals surface area contributed by atoms with Crippen LogP contribution in [0.3, 0.4) is 0 Å². The molecule has 9 heteroatoms. The molecule has 0 spiro atoms. The number of methoxy groups -OCH3 is 2. The van der Waals surface area contributed by atoms with E-state index in [9.17, 15) is 18.0 Å². The first kappa shape index (κ1) is 17.2. The fourth-order valence-electron chi connectivity index (χ4n) is 1.61. The molecule has 0 saturated heterocycles. The van der Waals surface area contributed by atoms with Crippen LogP contribution in [0.15, 0.2) is 6.07 Å². The van der Waals surface area contributed by atoms with Gasteiger partial charge in [-0.3, -0.25) is 9.52 Å². The molecule has 0 bridgehead atoms. The van der Waals surface area contributed by atoms with Gasteiger partial charge in [0.25, 0.3) is 0 Å². The maximum absolute atomic E-state index is 12.0. The van der Waals surface area contributed by atoms with Crippen LogP contribution in [0, 0.1) is 0 Å². The van der Waals surface area contributed by atoms with Gasteiger partial charge in [0.05, 0.1) is 24.5 Å². The number of nitrogens with one attached hydrogen (secondary N) is 2. The number of anilines is 1. The molecule has 0 aliphatic carbocycles. The van der Waals surface area contributed by atoms with Crippen molar-refractivity contribution in [3.8, 4) is 0 Å². The molecule has 0 aliphatic heterocycles. The first-order valence-electron chi connectivity index (χ1n) is 6.05. The van der Waals surface area contributed by atoms with Gasteiger partial charge in [-0.25, -0.2) is 13.2 Å². The van der Waals surface area contributed by atoms with Crippen molar-refractivity contribution in [2.45, 2.75) is 20.0 Å². The zero-order chi connectivity index (χ0) is 16.2. The van der Waals surface area contributed by atoms with Gasteiger partial charge in [-0.1, -0.05) is 0 Å². The first-order valence-corrected chi connectivity index (χ1v) is 7.71. The number of carbonyl (C=O) groups excluding carboxylic acids is 2. The van der Waals surface area contributed by atoms with E-state index in [4.69, 9.17) is 4.74 Å². The smallest absolute Gasteiger partial charge is 0.354 e. The van der Waals surface area contributed by atoms with E-state index in [1.807, 2.05) is 0 Å². The van der Waals surface area contributed by atoms with Gasteiger partial charge in [0, 0.05) is 7.11 Å². The highest BCUT2D eigenvalue weighted by atomic mass is 32.2. The molecule has 0 aliphatic rings. The third kappa shape index (κ3) is 4.57. The molecule has 1 unspecified atom stereocenters. The molecular formula is C12H18N2O6S. The lowest BCUT2D eigenvalue weighted by atomic mass is 10.2. The van der Waals surface area contributed by atoms with Gasteiger partial charge in [-0.05, 0) is 19.9 Å². The number of hydrogen-bond acceptors (Lipinski definition) is 6. The number of sulfonamides is 1. The van der Waals surface area contributed by atoms with E-state index in [0.717, 1.165) is 0 Å². The summed E-state index contributed by atoms with van der Waals surface area (Å²) in [6, 6.07) is 1.24. The molecule has 1 aromatic heterocycles. The number of hydrogen-bond donors (Lipinski definition) is 2. The first-order chi connectivity index (χ1) is 9.70. The molecule has 1 rings (SSSR count). The number of esters is 1. The summed E-state index contributed by atoms with van der Waals surface area (Å²) in [4.78, 5) is 25.5. The van der Waals surface area contributed by atoms with Crippen LogP contribution in [0.4, 0.5) is 5.82 Å². The molecule has 0 saturated carbocycles. The third-order valence-electron chi connectivity index (χ3n) is 2.72. The van der Waals surface area contributed by atoms with Gasteiger partial charge in [0.15, 0.2) is 5.78 Å². The summed E-state index contributed by atoms with van der Waals surface area (Å²) in [5.41, 5.74) is 0.0456. The van der Waals surface area contributed by atoms with Crippen LogP contribution in [0.5, 0.6) is 0 Å². The standard InChI is InChI=1S/C12H18N2O6S/c1-7(19-3)6-21(17,18)14-11-9(8(2)15)5-10(13-11)12(16)20-4/h5,7,13-14H,6H2,1-4H3. The van der Waals surface area contributed by atoms with E-state index in [1.165, 1.54) is 27.2 Å². The number of Topliss-reactive ketones (excluding diaryl/α,β-unsaturated/α-hetero) is 1. The summed E-state index contributed by atoms with van der Waals surface area (Å²) in [6.07, 6.45) is -0.515. The normalized spacial score (nSPS) is 12.8. The molecule has 8 nitrogen and oxygen atoms in total. The fraction of sp³-hybridized carbons (Fsp3) is 0.500. The minimum Gasteiger partial charge on any atom is -0.464 e. The summed E-state index contributed by atoms with van der Waals surface area (Å²) in [6.45, 7) is 2.86. The van der Waals surface area contributed by atoms with Gasteiger partial charge in [-0.15, -0.1) is 0 Å². The fourth-order valence-corrected chi connectivity index (χ4v) is 2.92. The molecular weight excluding hydrogens is 300 g/mol. The summed E-state index contributed by atoms with van der Waals surface area (Å²) >= 11 is 0. The highest BCUT2D eigenvalue weighted by Gasteiger charge is 2.22. The lowest BCUT2D eigenvalue weighted by Gasteiger charge is -2.11. The molecule has 1 heterocycles. The van der Waals surface area contributed by atoms with Crippen LogP contribution >= 0.6 is 0 Å². The van der Waals surface area contributed by atoms with Gasteiger partial charge < -0.3 is 14.5 Å². The maximum atomic E-state index is 12.0. The van der Waals surface area contributed by atoms with Crippen LogP contribution in [-0.4, -0.2) is 51.2 Å². The minimum absolute atomic E-state index is 0.0137. The number of carbonyl (C=O) groups is 2. The van der Waals surface area contributed by atoms with Crippen LogP contribution in [-0.2, 0) is 19.5 Å². The van der Waals surface area contributed by atoms with Crippen LogP contribution in [0.2, 0.25) is 0 Å². The number of rotatable bonds is 7. The second-order valence-electron chi connectivity index (χ2n) is 4.45. The molecule has 0 aromatic carbocycles. The predicted octanol–water partition coefficient (Wildman–Crippen LogP) is 0.780. The zero-order valence-corrected chi connectivity index (χ0v) is 13.0. The van der Waals surface area contributed by atoms with Crippen LogP contribution in [0.1, 0.15) is 34.7 Å². The topological polar surface area (TPSA) is 115 Å². The number of H-pyrrole nitrogens is 1. The minimum atomic E-state index is -3.73. The SMILES string of the molecule is COC(=O)c1cc(C(C)=O)c(NS(=O)(=O)CC(C)OC)[nH]1. The average molecular weight is 318 g/mol. The van der Waals surface area contributed by atoms with Gasteiger partial charge in [-0.2, -0.15) is 0 Å². The molecule has 21 heavy (non-hydrogen) atoms. The summed E-state index contributed by atoms with van der Waals surface area (Å²) in [5.74, 6) is -1.44. The lowest BCUT2D eigenvalue weighted by Crippen LogP contribution is -2.26. The van der Waals surface area contributed by atoms with E-state index in [1.54, 1.807) is 6.92 Å². The molecule has 0 radical (unpaired) electrons. The van der Waals surface area contributed by atoms with Gasteiger partial charge in [0.1, 0.15) is 11.5 Å². The second-order valence-corrected chi connectivity index (χ2v) is 6.22. The van der Waals surface area contributed by atoms with E-state index < -0.39 is 22.1 Å². The quantitative estimate of drug-likeness (QED) is 0.567. The van der Waals surface area contributed by atoms with Crippen molar-refractivity contribution in [3.05, 3.63) is 17.3 Å². The van der Waals surface area contributed by atoms with Crippen LogP contribution in [0.25, 0.3) is 0 Å². The number of aromatic amines is 1. The largest absolute Gasteiger partial charge is 0.464 e. The lowest BCUT2D eigenvalue weighted by molar-refractivity contribution is 0.0595. The Kier molecular flexibility index (Phi) is 5.50. The van der Waals surface area contributed by atoms with Gasteiger partial charge >= 0.3 is 5.97 Å². The predicted molar refractivity (Wildman–Crippen MR) is 76.0 cm³/mol. The van der Waals surface area contributed by atoms with Crippen LogP contribution < -0.4 is 4.72 Å². The Morgan fingerprint density at radius 1 is 1.38 bits per heavy atom. The van der Waals surface area contributed by atoms with E-state index in [0.29, 0.717) is 0 Å². The summed E-state index contributed by atoms with van der Waals surface area (Å²) < 4.78 is 35.6. The summed E-state index contributed by atoms with van der Waals surface area (Å²) in [5, 5.41) is 0. The Labute approximate surface area is 122 Å². The van der Waals surface area contributed by atoms with Crippen molar-refractivity contribution < 1.29 is 27.5 Å². The van der Waals surface area contributed by atoms with Crippen molar-refractivity contribution in [3.63, 3.8) is 0 Å². The summed E-state index contributed by atoms with van der Waals surface area (Å²) in [7, 11) is -1.16. The van der Waals surface area contributed by atoms with E-state index in [2.05, 4.69) is 14.4 Å². The highest BCUT2D eigenvalue weighted by Crippen LogP contribution is 2.19. The molecule has 0 amide bonds. The number of ketones is 1. The van der Waals surface area contributed by atoms with Crippen molar-refractivity contribution in [2.24, 2.45) is 0 Å². The van der Waals surface area contributed by atoms with Crippen molar-refractivity contribution in [1.82, 2.24) is 4.98 Å². The van der Waals surface area contributed by atoms with E-state index in [-0.39, 0.29) is 28.6 Å². The molecule has 118 valence electrons. The highest BCUT2D eigenvalue weighted by molar-refractivity contribution is 7.92.